The van der Waals surface area contributed by atoms with Gasteiger partial charge < -0.3 is 10.1 Å². The average Bonchev–Trinajstić information content (AvgIpc) is 2.15. The van der Waals surface area contributed by atoms with Crippen LogP contribution in [0.25, 0.3) is 0 Å². The fourth-order valence-electron chi connectivity index (χ4n) is 1.14. The topological polar surface area (TPSA) is 75.6 Å². The van der Waals surface area contributed by atoms with E-state index in [1.165, 1.54) is 13.2 Å². The first-order chi connectivity index (χ1) is 6.95. The third-order valence-corrected chi connectivity index (χ3v) is 2.88. The molecule has 0 aliphatic heterocycles. The minimum absolute atomic E-state index is 0.0939. The van der Waals surface area contributed by atoms with Crippen LogP contribution in [0.5, 0.6) is 0 Å². The van der Waals surface area contributed by atoms with Gasteiger partial charge in [0, 0.05) is 12.8 Å². The van der Waals surface area contributed by atoms with Crippen LogP contribution in [0.2, 0.25) is 0 Å². The second-order valence-electron chi connectivity index (χ2n) is 3.07. The highest BCUT2D eigenvalue weighted by Crippen LogP contribution is 2.19. The Bertz CT molecular complexity index is 441. The van der Waals surface area contributed by atoms with Crippen LogP contribution in [-0.4, -0.2) is 26.8 Å². The molecule has 1 aromatic rings. The molecule has 0 aliphatic carbocycles. The Kier molecular flexibility index (Phi) is 3.67. The van der Waals surface area contributed by atoms with Crippen LogP contribution in [0.4, 0.5) is 5.69 Å². The zero-order valence-corrected chi connectivity index (χ0v) is 9.34. The summed E-state index contributed by atoms with van der Waals surface area (Å²) < 4.78 is 35.7. The smallest absolute Gasteiger partial charge is 0.294 e. The van der Waals surface area contributed by atoms with Gasteiger partial charge in [-0.2, -0.15) is 8.42 Å². The van der Waals surface area contributed by atoms with E-state index in [0.29, 0.717) is 11.3 Å². The molecule has 0 fully saturated rings. The summed E-state index contributed by atoms with van der Waals surface area (Å²) in [6.07, 6.45) is 0. The van der Waals surface area contributed by atoms with Crippen LogP contribution in [0.15, 0.2) is 23.1 Å². The minimum Gasteiger partial charge on any atom is -0.365 e. The number of anilines is 1. The normalized spacial score (nSPS) is 11.4. The molecule has 0 saturated carbocycles. The third kappa shape index (κ3) is 3.19. The Hall–Kier alpha value is -1.11. The minimum atomic E-state index is -4.16. The summed E-state index contributed by atoms with van der Waals surface area (Å²) in [5, 5.41) is 2.84. The van der Waals surface area contributed by atoms with E-state index in [9.17, 15) is 8.42 Å². The fraction of sp³-hybridized carbons (Fsp3) is 0.333. The van der Waals surface area contributed by atoms with Gasteiger partial charge in [0.25, 0.3) is 10.1 Å². The summed E-state index contributed by atoms with van der Waals surface area (Å²) in [7, 11) is -2.64. The van der Waals surface area contributed by atoms with Gasteiger partial charge in [0.2, 0.25) is 0 Å². The lowest BCUT2D eigenvalue weighted by molar-refractivity contribution is 0.221. The highest BCUT2D eigenvalue weighted by Gasteiger charge is 2.13. The number of nitrogens with one attached hydrogen (secondary N) is 1. The SMILES string of the molecule is COCNc1ccc(C)c(S(=O)(=O)O)c1. The fourth-order valence-corrected chi connectivity index (χ4v) is 1.89. The van der Waals surface area contributed by atoms with E-state index < -0.39 is 10.1 Å². The van der Waals surface area contributed by atoms with Gasteiger partial charge in [0.05, 0.1) is 4.90 Å². The van der Waals surface area contributed by atoms with Crippen molar-refractivity contribution in [2.75, 3.05) is 19.2 Å². The first-order valence-corrected chi connectivity index (χ1v) is 5.70. The van der Waals surface area contributed by atoms with Crippen molar-refractivity contribution in [2.45, 2.75) is 11.8 Å². The Labute approximate surface area is 88.8 Å². The monoisotopic (exact) mass is 231 g/mol. The first kappa shape index (κ1) is 12.0. The van der Waals surface area contributed by atoms with E-state index >= 15 is 0 Å². The zero-order chi connectivity index (χ0) is 11.5. The number of rotatable bonds is 4. The Morgan fingerprint density at radius 3 is 2.67 bits per heavy atom. The van der Waals surface area contributed by atoms with Gasteiger partial charge in [-0.05, 0) is 24.6 Å². The molecule has 0 saturated heterocycles. The van der Waals surface area contributed by atoms with Crippen molar-refractivity contribution in [3.8, 4) is 0 Å². The van der Waals surface area contributed by atoms with Crippen LogP contribution in [0, 0.1) is 6.92 Å². The molecule has 5 nitrogen and oxygen atoms in total. The average molecular weight is 231 g/mol. The molecule has 0 heterocycles. The molecule has 84 valence electrons. The van der Waals surface area contributed by atoms with Gasteiger partial charge in [-0.1, -0.05) is 6.07 Å². The van der Waals surface area contributed by atoms with Crippen molar-refractivity contribution in [1.82, 2.24) is 0 Å². The summed E-state index contributed by atoms with van der Waals surface area (Å²) in [5.74, 6) is 0. The van der Waals surface area contributed by atoms with Crippen molar-refractivity contribution in [3.63, 3.8) is 0 Å². The van der Waals surface area contributed by atoms with Crippen LogP contribution < -0.4 is 5.32 Å². The molecule has 1 aromatic carbocycles. The van der Waals surface area contributed by atoms with Crippen LogP contribution in [0.3, 0.4) is 0 Å². The van der Waals surface area contributed by atoms with E-state index in [0.717, 1.165) is 0 Å². The van der Waals surface area contributed by atoms with Gasteiger partial charge in [0.1, 0.15) is 6.73 Å². The highest BCUT2D eigenvalue weighted by atomic mass is 32.2. The lowest BCUT2D eigenvalue weighted by Gasteiger charge is -2.08. The Morgan fingerprint density at radius 1 is 1.47 bits per heavy atom. The molecule has 0 atom stereocenters. The third-order valence-electron chi connectivity index (χ3n) is 1.89. The zero-order valence-electron chi connectivity index (χ0n) is 8.52. The molecule has 0 aromatic heterocycles. The van der Waals surface area contributed by atoms with E-state index in [-0.39, 0.29) is 11.6 Å². The van der Waals surface area contributed by atoms with Gasteiger partial charge in [0.15, 0.2) is 0 Å². The van der Waals surface area contributed by atoms with Crippen LogP contribution >= 0.6 is 0 Å². The predicted octanol–water partition coefficient (Wildman–Crippen LogP) is 1.26. The van der Waals surface area contributed by atoms with Gasteiger partial charge in [-0.3, -0.25) is 4.55 Å². The second-order valence-corrected chi connectivity index (χ2v) is 4.46. The maximum Gasteiger partial charge on any atom is 0.294 e. The van der Waals surface area contributed by atoms with E-state index in [2.05, 4.69) is 5.32 Å². The van der Waals surface area contributed by atoms with Crippen molar-refractivity contribution in [3.05, 3.63) is 23.8 Å². The lowest BCUT2D eigenvalue weighted by Crippen LogP contribution is -2.06. The highest BCUT2D eigenvalue weighted by molar-refractivity contribution is 7.85. The number of ether oxygens (including phenoxy) is 1. The molecule has 2 N–H and O–H groups in total. The van der Waals surface area contributed by atoms with Gasteiger partial charge in [-0.25, -0.2) is 0 Å². The quantitative estimate of drug-likeness (QED) is 0.602. The molecule has 6 heteroatoms. The molecule has 0 unspecified atom stereocenters. The van der Waals surface area contributed by atoms with E-state index in [1.54, 1.807) is 19.1 Å². The van der Waals surface area contributed by atoms with Crippen LogP contribution in [0.1, 0.15) is 5.56 Å². The summed E-state index contributed by atoms with van der Waals surface area (Å²) in [6.45, 7) is 1.89. The van der Waals surface area contributed by atoms with Crippen LogP contribution in [-0.2, 0) is 14.9 Å². The van der Waals surface area contributed by atoms with Gasteiger partial charge in [-0.15, -0.1) is 0 Å². The Morgan fingerprint density at radius 2 is 2.13 bits per heavy atom. The lowest BCUT2D eigenvalue weighted by atomic mass is 10.2. The second kappa shape index (κ2) is 4.61. The molecular formula is C9H13NO4S. The summed E-state index contributed by atoms with van der Waals surface area (Å²) in [6, 6.07) is 4.69. The molecular weight excluding hydrogens is 218 g/mol. The molecule has 0 amide bonds. The Balaban J connectivity index is 3.06. The number of aryl methyl sites for hydroxylation is 1. The summed E-state index contributed by atoms with van der Waals surface area (Å²) in [5.41, 5.74) is 1.08. The van der Waals surface area contributed by atoms with Crippen molar-refractivity contribution < 1.29 is 17.7 Å². The maximum absolute atomic E-state index is 11.0. The van der Waals surface area contributed by atoms with Crippen molar-refractivity contribution in [1.29, 1.82) is 0 Å². The number of hydrogen-bond acceptors (Lipinski definition) is 4. The predicted molar refractivity (Wildman–Crippen MR) is 56.5 cm³/mol. The maximum atomic E-state index is 11.0. The molecule has 0 radical (unpaired) electrons. The van der Waals surface area contributed by atoms with Gasteiger partial charge >= 0.3 is 0 Å². The van der Waals surface area contributed by atoms with E-state index in [1.807, 2.05) is 0 Å². The largest absolute Gasteiger partial charge is 0.365 e. The number of benzene rings is 1. The first-order valence-electron chi connectivity index (χ1n) is 4.26. The molecule has 0 spiro atoms. The summed E-state index contributed by atoms with van der Waals surface area (Å²) >= 11 is 0. The van der Waals surface area contributed by atoms with Crippen molar-refractivity contribution >= 4 is 15.8 Å². The number of hydrogen-bond donors (Lipinski definition) is 2. The summed E-state index contributed by atoms with van der Waals surface area (Å²) in [4.78, 5) is -0.0939. The number of methoxy groups -OCH3 is 1. The van der Waals surface area contributed by atoms with Crippen molar-refractivity contribution in [2.24, 2.45) is 0 Å². The molecule has 0 bridgehead atoms. The van der Waals surface area contributed by atoms with E-state index in [4.69, 9.17) is 9.29 Å². The molecule has 0 aliphatic rings. The standard InChI is InChI=1S/C9H13NO4S/c1-7-3-4-8(10-6-14-2)5-9(7)15(11,12)13/h3-5,10H,6H2,1-2H3,(H,11,12,13). The molecule has 1 rings (SSSR count). The molecule has 15 heavy (non-hydrogen) atoms.